The second kappa shape index (κ2) is 6.94. The van der Waals surface area contributed by atoms with E-state index in [1.54, 1.807) is 0 Å². The largest absolute Gasteiger partial charge is 0.479 e. The molecule has 0 heterocycles. The fourth-order valence-electron chi connectivity index (χ4n) is 1.23. The van der Waals surface area contributed by atoms with Crippen LogP contribution in [0.1, 0.15) is 6.92 Å². The van der Waals surface area contributed by atoms with E-state index < -0.39 is 36.2 Å². The Morgan fingerprint density at radius 1 is 1.35 bits per heavy atom. The van der Waals surface area contributed by atoms with Crippen molar-refractivity contribution in [3.05, 3.63) is 0 Å². The third-order valence-electron chi connectivity index (χ3n) is 2.06. The summed E-state index contributed by atoms with van der Waals surface area (Å²) < 4.78 is 4.61. The van der Waals surface area contributed by atoms with Gasteiger partial charge in [-0.3, -0.25) is 4.79 Å². The number of carboxylic acids is 1. The van der Waals surface area contributed by atoms with Crippen molar-refractivity contribution in [2.24, 2.45) is 0 Å². The molecule has 8 nitrogen and oxygen atoms in total. The number of carboxylic acid groups (broad SMARTS) is 1. The normalized spacial score (nSPS) is 17.6. The molecule has 0 radical (unpaired) electrons. The Hall–Kier alpha value is -1.51. The van der Waals surface area contributed by atoms with Gasteiger partial charge in [-0.1, -0.05) is 0 Å². The van der Waals surface area contributed by atoms with Crippen LogP contribution in [-0.2, 0) is 19.1 Å². The van der Waals surface area contributed by atoms with Gasteiger partial charge in [0.2, 0.25) is 5.91 Å². The van der Waals surface area contributed by atoms with Crippen LogP contribution in [0.25, 0.3) is 0 Å². The van der Waals surface area contributed by atoms with E-state index in [1.165, 1.54) is 0 Å². The van der Waals surface area contributed by atoms with Gasteiger partial charge >= 0.3 is 5.97 Å². The van der Waals surface area contributed by atoms with Gasteiger partial charge in [-0.05, 0) is 0 Å². The molecule has 0 aromatic carbocycles. The molecule has 0 fully saturated rings. The van der Waals surface area contributed by atoms with Crippen molar-refractivity contribution in [3.63, 3.8) is 0 Å². The summed E-state index contributed by atoms with van der Waals surface area (Å²) in [6, 6.07) is -1.36. The first kappa shape index (κ1) is 15.5. The summed E-state index contributed by atoms with van der Waals surface area (Å²) in [5.41, 5.74) is 0. The molecule has 1 amide bonds. The van der Waals surface area contributed by atoms with Crippen LogP contribution < -0.4 is 5.32 Å². The van der Waals surface area contributed by atoms with E-state index in [0.717, 1.165) is 14.0 Å². The number of carbonyl (C=O) groups is 3. The van der Waals surface area contributed by atoms with E-state index in [-0.39, 0.29) is 6.29 Å². The number of rotatable bonds is 7. The van der Waals surface area contributed by atoms with Gasteiger partial charge in [-0.15, -0.1) is 0 Å². The van der Waals surface area contributed by atoms with E-state index in [0.29, 0.717) is 0 Å². The molecule has 0 spiro atoms. The van der Waals surface area contributed by atoms with Crippen LogP contribution in [0.3, 0.4) is 0 Å². The van der Waals surface area contributed by atoms with Crippen LogP contribution in [0.4, 0.5) is 0 Å². The lowest BCUT2D eigenvalue weighted by molar-refractivity contribution is -0.163. The van der Waals surface area contributed by atoms with Crippen molar-refractivity contribution in [3.8, 4) is 0 Å². The van der Waals surface area contributed by atoms with Crippen LogP contribution in [0, 0.1) is 0 Å². The zero-order valence-electron chi connectivity index (χ0n) is 9.36. The number of aliphatic hydroxyl groups excluding tert-OH is 2. The summed E-state index contributed by atoms with van der Waals surface area (Å²) in [5, 5.41) is 29.5. The molecule has 0 unspecified atom stereocenters. The molecule has 0 saturated heterocycles. The lowest BCUT2D eigenvalue weighted by Crippen LogP contribution is -2.54. The molecular formula is C9H15NO7. The van der Waals surface area contributed by atoms with E-state index in [2.05, 4.69) is 10.1 Å². The molecule has 0 aromatic rings. The zero-order valence-corrected chi connectivity index (χ0v) is 9.36. The smallest absolute Gasteiger partial charge is 0.335 e. The van der Waals surface area contributed by atoms with Crippen LogP contribution in [0.15, 0.2) is 0 Å². The summed E-state index contributed by atoms with van der Waals surface area (Å²) in [6.45, 7) is 1.12. The molecule has 0 aliphatic carbocycles. The fourth-order valence-corrected chi connectivity index (χ4v) is 1.23. The van der Waals surface area contributed by atoms with Crippen LogP contribution in [0.2, 0.25) is 0 Å². The Balaban J connectivity index is 4.81. The average molecular weight is 249 g/mol. The summed E-state index contributed by atoms with van der Waals surface area (Å²) in [4.78, 5) is 31.9. The first-order chi connectivity index (χ1) is 7.84. The highest BCUT2D eigenvalue weighted by Crippen LogP contribution is 2.08. The Bertz CT molecular complexity index is 293. The molecule has 8 heteroatoms. The van der Waals surface area contributed by atoms with E-state index in [1.807, 2.05) is 0 Å². The topological polar surface area (TPSA) is 133 Å². The number of aliphatic carboxylic acids is 1. The second-order valence-electron chi connectivity index (χ2n) is 3.34. The minimum Gasteiger partial charge on any atom is -0.479 e. The van der Waals surface area contributed by atoms with Crippen molar-refractivity contribution >= 4 is 18.2 Å². The highest BCUT2D eigenvalue weighted by molar-refractivity contribution is 5.78. The van der Waals surface area contributed by atoms with Gasteiger partial charge in [-0.25, -0.2) is 4.79 Å². The van der Waals surface area contributed by atoms with E-state index in [4.69, 9.17) is 5.11 Å². The number of amides is 1. The van der Waals surface area contributed by atoms with Gasteiger partial charge in [0.1, 0.15) is 24.5 Å². The number of methoxy groups -OCH3 is 1. The summed E-state index contributed by atoms with van der Waals surface area (Å²) >= 11 is 0. The maximum atomic E-state index is 10.7. The maximum absolute atomic E-state index is 10.7. The highest BCUT2D eigenvalue weighted by Gasteiger charge is 2.36. The van der Waals surface area contributed by atoms with Crippen LogP contribution in [0.5, 0.6) is 0 Å². The monoisotopic (exact) mass is 249 g/mol. The third-order valence-corrected chi connectivity index (χ3v) is 2.06. The molecular weight excluding hydrogens is 234 g/mol. The van der Waals surface area contributed by atoms with Crippen molar-refractivity contribution < 1.29 is 34.4 Å². The first-order valence-electron chi connectivity index (χ1n) is 4.69. The van der Waals surface area contributed by atoms with Gasteiger partial charge in [0.15, 0.2) is 6.10 Å². The number of hydrogen-bond donors (Lipinski definition) is 4. The SMILES string of the molecule is CO[C@@H]([C@H](O)[C@H](C=O)NC(C)=O)[C@H](O)C(=O)O. The molecule has 0 aliphatic heterocycles. The molecule has 0 aliphatic rings. The fraction of sp³-hybridized carbons (Fsp3) is 0.667. The zero-order chi connectivity index (χ0) is 13.6. The molecule has 17 heavy (non-hydrogen) atoms. The van der Waals surface area contributed by atoms with Gasteiger partial charge in [-0.2, -0.15) is 0 Å². The Morgan fingerprint density at radius 3 is 2.18 bits per heavy atom. The number of aldehydes is 1. The van der Waals surface area contributed by atoms with Gasteiger partial charge in [0, 0.05) is 14.0 Å². The van der Waals surface area contributed by atoms with E-state index in [9.17, 15) is 24.6 Å². The predicted molar refractivity (Wildman–Crippen MR) is 54.1 cm³/mol. The molecule has 98 valence electrons. The quantitative estimate of drug-likeness (QED) is 0.367. The Morgan fingerprint density at radius 2 is 1.88 bits per heavy atom. The summed E-state index contributed by atoms with van der Waals surface area (Å²) in [5.74, 6) is -2.19. The molecule has 0 bridgehead atoms. The van der Waals surface area contributed by atoms with Crippen molar-refractivity contribution in [2.75, 3.05) is 7.11 Å². The predicted octanol–water partition coefficient (Wildman–Crippen LogP) is -2.49. The maximum Gasteiger partial charge on any atom is 0.335 e. The Labute approximate surface area is 97.2 Å². The van der Waals surface area contributed by atoms with Gasteiger partial charge in [0.05, 0.1) is 0 Å². The lowest BCUT2D eigenvalue weighted by atomic mass is 10.0. The van der Waals surface area contributed by atoms with Crippen molar-refractivity contribution in [2.45, 2.75) is 31.3 Å². The first-order valence-corrected chi connectivity index (χ1v) is 4.69. The number of aliphatic hydroxyl groups is 2. The second-order valence-corrected chi connectivity index (χ2v) is 3.34. The van der Waals surface area contributed by atoms with Gasteiger partial charge < -0.3 is 30.2 Å². The molecule has 4 atom stereocenters. The van der Waals surface area contributed by atoms with Crippen molar-refractivity contribution in [1.82, 2.24) is 5.32 Å². The Kier molecular flexibility index (Phi) is 6.33. The average Bonchev–Trinajstić information content (AvgIpc) is 2.25. The molecule has 0 aromatic heterocycles. The summed E-state index contributed by atoms with van der Waals surface area (Å²) in [7, 11) is 1.07. The lowest BCUT2D eigenvalue weighted by Gasteiger charge is -2.27. The minimum absolute atomic E-state index is 0.229. The van der Waals surface area contributed by atoms with Crippen LogP contribution >= 0.6 is 0 Å². The summed E-state index contributed by atoms with van der Waals surface area (Å²) in [6.07, 6.45) is -4.99. The molecule has 4 N–H and O–H groups in total. The highest BCUT2D eigenvalue weighted by atomic mass is 16.5. The number of carbonyl (C=O) groups excluding carboxylic acids is 2. The van der Waals surface area contributed by atoms with Gasteiger partial charge in [0.25, 0.3) is 0 Å². The third kappa shape index (κ3) is 4.47. The van der Waals surface area contributed by atoms with E-state index >= 15 is 0 Å². The van der Waals surface area contributed by atoms with Crippen LogP contribution in [-0.4, -0.2) is 64.9 Å². The number of ether oxygens (including phenoxy) is 1. The molecule has 0 saturated carbocycles. The molecule has 0 rings (SSSR count). The number of nitrogens with one attached hydrogen (secondary N) is 1. The standard InChI is InChI=1S/C9H15NO7/c1-4(12)10-5(3-11)6(13)8(17-2)7(14)9(15)16/h3,5-8,13-14H,1-2H3,(H,10,12)(H,15,16)/t5-,6+,7-,8-/m0/s1. The number of hydrogen-bond acceptors (Lipinski definition) is 6. The minimum atomic E-state index is -2.01. The van der Waals surface area contributed by atoms with Crippen molar-refractivity contribution in [1.29, 1.82) is 0 Å².